The third-order valence-corrected chi connectivity index (χ3v) is 8.22. The first-order chi connectivity index (χ1) is 15.2. The van der Waals surface area contributed by atoms with Crippen molar-refractivity contribution in [1.82, 2.24) is 9.80 Å². The van der Waals surface area contributed by atoms with E-state index in [9.17, 15) is 5.11 Å². The number of rotatable bonds is 7. The number of benzene rings is 2. The normalized spacial score (nSPS) is 28.4. The molecule has 0 aliphatic carbocycles. The number of nitrogens with zero attached hydrogens (tertiary/aromatic N) is 2. The van der Waals surface area contributed by atoms with Crippen molar-refractivity contribution in [3.8, 4) is 0 Å². The lowest BCUT2D eigenvalue weighted by Crippen LogP contribution is -2.55. The molecule has 0 radical (unpaired) electrons. The fourth-order valence-electron chi connectivity index (χ4n) is 6.30. The Morgan fingerprint density at radius 3 is 2.13 bits per heavy atom. The molecule has 2 atom stereocenters. The number of fused-ring (bicyclic) bond motifs is 3. The average molecular weight is 419 g/mol. The molecule has 2 bridgehead atoms. The van der Waals surface area contributed by atoms with Crippen LogP contribution in [0.15, 0.2) is 54.6 Å². The van der Waals surface area contributed by atoms with Crippen LogP contribution in [0.5, 0.6) is 0 Å². The Balaban J connectivity index is 1.28. The molecule has 4 heterocycles. The number of likely N-dealkylation sites (tertiary alicyclic amines) is 1. The first kappa shape index (κ1) is 21.2. The van der Waals surface area contributed by atoms with E-state index in [0.717, 1.165) is 31.5 Å². The monoisotopic (exact) mass is 418 g/mol. The third kappa shape index (κ3) is 4.74. The Morgan fingerprint density at radius 1 is 0.806 bits per heavy atom. The van der Waals surface area contributed by atoms with Gasteiger partial charge in [-0.25, -0.2) is 0 Å². The maximum absolute atomic E-state index is 12.1. The van der Waals surface area contributed by atoms with Crippen LogP contribution in [-0.4, -0.2) is 47.6 Å². The largest absolute Gasteiger partial charge is 0.385 e. The highest BCUT2D eigenvalue weighted by molar-refractivity contribution is 5.27. The Bertz CT molecular complexity index is 822. The molecule has 3 nitrogen and oxygen atoms in total. The van der Waals surface area contributed by atoms with E-state index in [-0.39, 0.29) is 0 Å². The topological polar surface area (TPSA) is 26.7 Å². The predicted molar refractivity (Wildman–Crippen MR) is 127 cm³/mol. The highest BCUT2D eigenvalue weighted by Crippen LogP contribution is 2.45. The zero-order valence-corrected chi connectivity index (χ0v) is 18.9. The van der Waals surface area contributed by atoms with Crippen LogP contribution in [0.1, 0.15) is 55.2 Å². The third-order valence-electron chi connectivity index (χ3n) is 8.22. The van der Waals surface area contributed by atoms with Crippen LogP contribution in [0.3, 0.4) is 0 Å². The van der Waals surface area contributed by atoms with E-state index in [1.807, 2.05) is 0 Å². The van der Waals surface area contributed by atoms with Crippen molar-refractivity contribution >= 4 is 0 Å². The van der Waals surface area contributed by atoms with E-state index in [0.29, 0.717) is 11.8 Å². The molecule has 6 rings (SSSR count). The molecule has 0 aromatic heterocycles. The molecule has 0 amide bonds. The summed E-state index contributed by atoms with van der Waals surface area (Å²) in [6.45, 7) is 7.03. The number of piperidine rings is 4. The number of hydrogen-bond donors (Lipinski definition) is 1. The minimum atomic E-state index is -0.739. The molecule has 0 saturated carbocycles. The maximum atomic E-state index is 12.1. The highest BCUT2D eigenvalue weighted by atomic mass is 16.3. The van der Waals surface area contributed by atoms with Gasteiger partial charge in [-0.2, -0.15) is 0 Å². The molecule has 4 aliphatic heterocycles. The maximum Gasteiger partial charge on any atom is 0.0942 e. The van der Waals surface area contributed by atoms with Crippen LogP contribution >= 0.6 is 0 Å². The van der Waals surface area contributed by atoms with Crippen molar-refractivity contribution < 1.29 is 5.11 Å². The van der Waals surface area contributed by atoms with Gasteiger partial charge in [0.2, 0.25) is 0 Å². The van der Waals surface area contributed by atoms with Crippen molar-refractivity contribution in [2.75, 3.05) is 32.7 Å². The standard InChI is InChI=1S/C28H38N2O/c31-28(26-7-3-1-4-8-26,27-22-30-19-14-25(27)15-20-30)16-13-23-9-11-24(12-10-23)21-29-17-5-2-6-18-29/h1,3-4,7-12,25,27,31H,2,5-6,13-22H2. The number of aliphatic hydroxyl groups is 1. The second kappa shape index (κ2) is 9.44. The lowest BCUT2D eigenvalue weighted by Gasteiger charge is -2.51. The molecule has 4 aliphatic rings. The molecule has 4 fully saturated rings. The number of aryl methyl sites for hydroxylation is 1. The second-order valence-electron chi connectivity index (χ2n) is 10.2. The van der Waals surface area contributed by atoms with E-state index in [1.54, 1.807) is 0 Å². The minimum Gasteiger partial charge on any atom is -0.385 e. The molecule has 0 spiro atoms. The zero-order chi connectivity index (χ0) is 21.1. The van der Waals surface area contributed by atoms with Gasteiger partial charge >= 0.3 is 0 Å². The van der Waals surface area contributed by atoms with Crippen LogP contribution in [0.2, 0.25) is 0 Å². The van der Waals surface area contributed by atoms with E-state index in [4.69, 9.17) is 0 Å². The van der Waals surface area contributed by atoms with Gasteiger partial charge < -0.3 is 10.0 Å². The van der Waals surface area contributed by atoms with Gasteiger partial charge in [0.25, 0.3) is 0 Å². The summed E-state index contributed by atoms with van der Waals surface area (Å²) >= 11 is 0. The highest BCUT2D eigenvalue weighted by Gasteiger charge is 2.47. The minimum absolute atomic E-state index is 0.343. The van der Waals surface area contributed by atoms with Gasteiger partial charge in [-0.3, -0.25) is 4.90 Å². The van der Waals surface area contributed by atoms with Crippen LogP contribution in [0.25, 0.3) is 0 Å². The van der Waals surface area contributed by atoms with Crippen molar-refractivity contribution in [3.05, 3.63) is 71.3 Å². The van der Waals surface area contributed by atoms with Gasteiger partial charge in [-0.15, -0.1) is 0 Å². The zero-order valence-electron chi connectivity index (χ0n) is 18.9. The summed E-state index contributed by atoms with van der Waals surface area (Å²) in [5, 5.41) is 12.1. The Hall–Kier alpha value is -1.68. The fraction of sp³-hybridized carbons (Fsp3) is 0.571. The molecule has 1 N–H and O–H groups in total. The molecule has 2 unspecified atom stereocenters. The quantitative estimate of drug-likeness (QED) is 0.697. The Kier molecular flexibility index (Phi) is 6.45. The van der Waals surface area contributed by atoms with Gasteiger partial charge in [-0.05, 0) is 87.3 Å². The summed E-state index contributed by atoms with van der Waals surface area (Å²) in [5.41, 5.74) is 3.13. The second-order valence-corrected chi connectivity index (χ2v) is 10.2. The van der Waals surface area contributed by atoms with Crippen LogP contribution in [0.4, 0.5) is 0 Å². The van der Waals surface area contributed by atoms with Gasteiger partial charge in [0, 0.05) is 19.0 Å². The van der Waals surface area contributed by atoms with Gasteiger partial charge in [0.05, 0.1) is 5.60 Å². The lowest BCUT2D eigenvalue weighted by atomic mass is 9.66. The lowest BCUT2D eigenvalue weighted by molar-refractivity contribution is -0.106. The molecule has 2 aromatic carbocycles. The summed E-state index contributed by atoms with van der Waals surface area (Å²) in [7, 11) is 0. The summed E-state index contributed by atoms with van der Waals surface area (Å²) in [4.78, 5) is 5.15. The van der Waals surface area contributed by atoms with Crippen molar-refractivity contribution in [1.29, 1.82) is 0 Å². The smallest absolute Gasteiger partial charge is 0.0942 e. The molecular weight excluding hydrogens is 380 g/mol. The Morgan fingerprint density at radius 2 is 1.48 bits per heavy atom. The molecule has 2 aromatic rings. The Labute approximate surface area is 188 Å². The summed E-state index contributed by atoms with van der Waals surface area (Å²) < 4.78 is 0. The SMILES string of the molecule is OC(CCc1ccc(CN2CCCCC2)cc1)(c1ccccc1)C1CN2CCC1CC2. The summed E-state index contributed by atoms with van der Waals surface area (Å²) in [6.07, 6.45) is 8.29. The summed E-state index contributed by atoms with van der Waals surface area (Å²) in [6, 6.07) is 19.7. The number of hydrogen-bond acceptors (Lipinski definition) is 3. The fourth-order valence-corrected chi connectivity index (χ4v) is 6.30. The van der Waals surface area contributed by atoms with Gasteiger partial charge in [0.15, 0.2) is 0 Å². The van der Waals surface area contributed by atoms with E-state index < -0.39 is 5.60 Å². The molecule has 31 heavy (non-hydrogen) atoms. The summed E-state index contributed by atoms with van der Waals surface area (Å²) in [5.74, 6) is 0.998. The van der Waals surface area contributed by atoms with Crippen LogP contribution in [0, 0.1) is 11.8 Å². The first-order valence-corrected chi connectivity index (χ1v) is 12.5. The van der Waals surface area contributed by atoms with Crippen molar-refractivity contribution in [2.24, 2.45) is 11.8 Å². The van der Waals surface area contributed by atoms with E-state index in [1.165, 1.54) is 69.4 Å². The van der Waals surface area contributed by atoms with Gasteiger partial charge in [0.1, 0.15) is 0 Å². The molecule has 3 heteroatoms. The first-order valence-electron chi connectivity index (χ1n) is 12.5. The van der Waals surface area contributed by atoms with Crippen molar-refractivity contribution in [3.63, 3.8) is 0 Å². The van der Waals surface area contributed by atoms with Crippen molar-refractivity contribution in [2.45, 2.75) is 57.1 Å². The van der Waals surface area contributed by atoms with E-state index >= 15 is 0 Å². The van der Waals surface area contributed by atoms with Gasteiger partial charge in [-0.1, -0.05) is 61.0 Å². The predicted octanol–water partition coefficient (Wildman–Crippen LogP) is 4.83. The van der Waals surface area contributed by atoms with Crippen LogP contribution in [-0.2, 0) is 18.6 Å². The molecule has 4 saturated heterocycles. The van der Waals surface area contributed by atoms with E-state index in [2.05, 4.69) is 64.4 Å². The molecule has 166 valence electrons. The average Bonchev–Trinajstić information content (AvgIpc) is 2.85. The molecular formula is C28H38N2O. The van der Waals surface area contributed by atoms with Crippen LogP contribution < -0.4 is 0 Å².